The first-order valence-electron chi connectivity index (χ1n) is 10.3. The number of nitrogens with one attached hydrogen (secondary N) is 1. The van der Waals surface area contributed by atoms with E-state index >= 15 is 0 Å². The van der Waals surface area contributed by atoms with Crippen LogP contribution >= 0.6 is 0 Å². The van der Waals surface area contributed by atoms with Gasteiger partial charge in [0.15, 0.2) is 6.61 Å². The van der Waals surface area contributed by atoms with Gasteiger partial charge in [-0.25, -0.2) is 0 Å². The van der Waals surface area contributed by atoms with Crippen LogP contribution in [0.15, 0.2) is 42.5 Å². The summed E-state index contributed by atoms with van der Waals surface area (Å²) < 4.78 is 5.79. The molecule has 0 bridgehead atoms. The molecule has 0 saturated carbocycles. The van der Waals surface area contributed by atoms with Crippen molar-refractivity contribution in [2.75, 3.05) is 6.61 Å². The molecule has 2 aromatic carbocycles. The second-order valence-electron chi connectivity index (χ2n) is 8.98. The molecule has 0 unspecified atom stereocenters. The van der Waals surface area contributed by atoms with Gasteiger partial charge in [0.05, 0.1) is 0 Å². The van der Waals surface area contributed by atoms with Crippen LogP contribution in [0, 0.1) is 20.8 Å². The number of benzene rings is 2. The van der Waals surface area contributed by atoms with Gasteiger partial charge < -0.3 is 15.0 Å². The second-order valence-corrected chi connectivity index (χ2v) is 8.98. The lowest BCUT2D eigenvalue weighted by atomic mass is 10.1. The summed E-state index contributed by atoms with van der Waals surface area (Å²) in [5.74, 6) is 0.244. The molecule has 5 nitrogen and oxygen atoms in total. The van der Waals surface area contributed by atoms with E-state index in [0.717, 1.165) is 22.3 Å². The fourth-order valence-corrected chi connectivity index (χ4v) is 3.27. The molecule has 162 valence electrons. The number of nitrogens with zero attached hydrogens (tertiary/aromatic N) is 1. The van der Waals surface area contributed by atoms with Crippen LogP contribution < -0.4 is 10.1 Å². The van der Waals surface area contributed by atoms with Crippen molar-refractivity contribution in [2.45, 2.75) is 66.6 Å². The van der Waals surface area contributed by atoms with Crippen molar-refractivity contribution >= 4 is 11.8 Å². The van der Waals surface area contributed by atoms with E-state index in [4.69, 9.17) is 4.74 Å². The van der Waals surface area contributed by atoms with Gasteiger partial charge in [0.25, 0.3) is 5.91 Å². The lowest BCUT2D eigenvalue weighted by Crippen LogP contribution is -2.53. The van der Waals surface area contributed by atoms with E-state index in [1.165, 1.54) is 0 Å². The van der Waals surface area contributed by atoms with Crippen molar-refractivity contribution in [1.29, 1.82) is 0 Å². The van der Waals surface area contributed by atoms with Crippen LogP contribution in [-0.2, 0) is 16.1 Å². The Morgan fingerprint density at radius 3 is 2.20 bits per heavy atom. The summed E-state index contributed by atoms with van der Waals surface area (Å²) in [5.41, 5.74) is 3.86. The van der Waals surface area contributed by atoms with E-state index in [-0.39, 0.29) is 24.0 Å². The van der Waals surface area contributed by atoms with E-state index in [2.05, 4.69) is 11.4 Å². The van der Waals surface area contributed by atoms with Gasteiger partial charge >= 0.3 is 0 Å². The Balaban J connectivity index is 2.21. The normalized spacial score (nSPS) is 12.2. The highest BCUT2D eigenvalue weighted by atomic mass is 16.5. The molecule has 1 atom stereocenters. The van der Waals surface area contributed by atoms with Crippen LogP contribution in [0.5, 0.6) is 5.75 Å². The highest BCUT2D eigenvalue weighted by molar-refractivity contribution is 5.88. The molecule has 0 fully saturated rings. The fraction of sp³-hybridized carbons (Fsp3) is 0.440. The van der Waals surface area contributed by atoms with Gasteiger partial charge in [0.1, 0.15) is 11.8 Å². The zero-order valence-electron chi connectivity index (χ0n) is 19.2. The molecule has 0 radical (unpaired) electrons. The summed E-state index contributed by atoms with van der Waals surface area (Å²) in [6, 6.07) is 13.1. The van der Waals surface area contributed by atoms with Crippen LogP contribution in [0.1, 0.15) is 49.9 Å². The quantitative estimate of drug-likeness (QED) is 0.739. The highest BCUT2D eigenvalue weighted by Crippen LogP contribution is 2.18. The van der Waals surface area contributed by atoms with Gasteiger partial charge in [-0.05, 0) is 82.9 Å². The molecule has 0 aliphatic rings. The number of aryl methyl sites for hydroxylation is 3. The molecule has 0 aromatic heterocycles. The summed E-state index contributed by atoms with van der Waals surface area (Å²) in [6.07, 6.45) is 0. The number of amides is 2. The van der Waals surface area contributed by atoms with E-state index < -0.39 is 6.04 Å². The van der Waals surface area contributed by atoms with Gasteiger partial charge in [0.2, 0.25) is 5.91 Å². The minimum absolute atomic E-state index is 0.123. The van der Waals surface area contributed by atoms with Gasteiger partial charge in [-0.3, -0.25) is 9.59 Å². The predicted octanol–water partition coefficient (Wildman–Crippen LogP) is 4.32. The van der Waals surface area contributed by atoms with Crippen LogP contribution in [0.4, 0.5) is 0 Å². The molecule has 5 heteroatoms. The summed E-state index contributed by atoms with van der Waals surface area (Å²) in [4.78, 5) is 27.5. The fourth-order valence-electron chi connectivity index (χ4n) is 3.27. The minimum atomic E-state index is -0.626. The number of carbonyl (C=O) groups is 2. The van der Waals surface area contributed by atoms with Crippen LogP contribution in [-0.4, -0.2) is 34.9 Å². The van der Waals surface area contributed by atoms with Gasteiger partial charge in [-0.2, -0.15) is 0 Å². The number of rotatable bonds is 7. The first kappa shape index (κ1) is 23.5. The van der Waals surface area contributed by atoms with E-state index in [0.29, 0.717) is 12.3 Å². The largest absolute Gasteiger partial charge is 0.484 e. The monoisotopic (exact) mass is 410 g/mol. The van der Waals surface area contributed by atoms with Gasteiger partial charge in [0, 0.05) is 12.1 Å². The third-order valence-corrected chi connectivity index (χ3v) is 4.82. The van der Waals surface area contributed by atoms with Crippen molar-refractivity contribution in [3.8, 4) is 5.75 Å². The second kappa shape index (κ2) is 9.79. The highest BCUT2D eigenvalue weighted by Gasteiger charge is 2.29. The lowest BCUT2D eigenvalue weighted by molar-refractivity contribution is -0.142. The van der Waals surface area contributed by atoms with E-state index in [1.54, 1.807) is 11.8 Å². The minimum Gasteiger partial charge on any atom is -0.484 e. The maximum absolute atomic E-state index is 13.1. The average molecular weight is 411 g/mol. The molecule has 2 amide bonds. The molecule has 0 aliphatic heterocycles. The Labute approximate surface area is 180 Å². The Bertz CT molecular complexity index is 879. The topological polar surface area (TPSA) is 58.6 Å². The van der Waals surface area contributed by atoms with Crippen LogP contribution in [0.2, 0.25) is 0 Å². The Kier molecular flexibility index (Phi) is 7.65. The Morgan fingerprint density at radius 2 is 1.63 bits per heavy atom. The number of hydrogen-bond donors (Lipinski definition) is 1. The molecule has 2 rings (SSSR count). The van der Waals surface area contributed by atoms with Crippen molar-refractivity contribution in [3.05, 3.63) is 64.7 Å². The van der Waals surface area contributed by atoms with E-state index in [1.807, 2.05) is 77.9 Å². The maximum Gasteiger partial charge on any atom is 0.261 e. The third kappa shape index (κ3) is 6.90. The number of hydrogen-bond acceptors (Lipinski definition) is 3. The van der Waals surface area contributed by atoms with Crippen molar-refractivity contribution in [3.63, 3.8) is 0 Å². The number of carbonyl (C=O) groups excluding carboxylic acids is 2. The maximum atomic E-state index is 13.1. The summed E-state index contributed by atoms with van der Waals surface area (Å²) in [7, 11) is 0. The van der Waals surface area contributed by atoms with Crippen molar-refractivity contribution in [2.24, 2.45) is 0 Å². The standard InChI is InChI=1S/C25H34N2O3/c1-17-12-18(2)14-22(13-17)30-16-23(28)27(15-21-11-9-8-10-19(21)3)20(4)24(29)26-25(5,6)7/h8-14,20H,15-16H2,1-7H3,(H,26,29)/t20-/m0/s1. The van der Waals surface area contributed by atoms with Crippen LogP contribution in [0.25, 0.3) is 0 Å². The number of ether oxygens (including phenoxy) is 1. The molecular weight excluding hydrogens is 376 g/mol. The zero-order chi connectivity index (χ0) is 22.5. The Hall–Kier alpha value is -2.82. The smallest absolute Gasteiger partial charge is 0.261 e. The summed E-state index contributed by atoms with van der Waals surface area (Å²) in [5, 5.41) is 2.97. The van der Waals surface area contributed by atoms with Crippen molar-refractivity contribution in [1.82, 2.24) is 10.2 Å². The summed E-state index contributed by atoms with van der Waals surface area (Å²) >= 11 is 0. The predicted molar refractivity (Wildman–Crippen MR) is 120 cm³/mol. The SMILES string of the molecule is Cc1cc(C)cc(OCC(=O)N(Cc2ccccc2C)[C@@H](C)C(=O)NC(C)(C)C)c1. The first-order chi connectivity index (χ1) is 14.0. The molecule has 0 saturated heterocycles. The first-order valence-corrected chi connectivity index (χ1v) is 10.3. The molecule has 30 heavy (non-hydrogen) atoms. The van der Waals surface area contributed by atoms with Crippen LogP contribution in [0.3, 0.4) is 0 Å². The van der Waals surface area contributed by atoms with Gasteiger partial charge in [-0.15, -0.1) is 0 Å². The molecule has 2 aromatic rings. The molecule has 0 aliphatic carbocycles. The summed E-state index contributed by atoms with van der Waals surface area (Å²) in [6.45, 7) is 13.7. The van der Waals surface area contributed by atoms with Crippen molar-refractivity contribution < 1.29 is 14.3 Å². The lowest BCUT2D eigenvalue weighted by Gasteiger charge is -2.31. The molecule has 1 N–H and O–H groups in total. The zero-order valence-corrected chi connectivity index (χ0v) is 19.2. The average Bonchev–Trinajstić information content (AvgIpc) is 2.63. The van der Waals surface area contributed by atoms with E-state index in [9.17, 15) is 9.59 Å². The van der Waals surface area contributed by atoms with Gasteiger partial charge in [-0.1, -0.05) is 30.3 Å². The third-order valence-electron chi connectivity index (χ3n) is 4.82. The Morgan fingerprint density at radius 1 is 1.03 bits per heavy atom. The molecule has 0 heterocycles. The molecule has 0 spiro atoms. The molecular formula is C25H34N2O3.